The summed E-state index contributed by atoms with van der Waals surface area (Å²) in [6, 6.07) is 7.46. The second-order valence-electron chi connectivity index (χ2n) is 7.87. The largest absolute Gasteiger partial charge is 0.397 e. The number of anilines is 2. The molecule has 1 aliphatic carbocycles. The number of nitrogen functional groups attached to an aromatic ring is 1. The minimum absolute atomic E-state index is 0.420. The van der Waals surface area contributed by atoms with Crippen LogP contribution in [-0.4, -0.2) is 19.0 Å². The van der Waals surface area contributed by atoms with Gasteiger partial charge in [-0.1, -0.05) is 33.8 Å². The molecule has 132 valence electrons. The first kappa shape index (κ1) is 18.5. The van der Waals surface area contributed by atoms with Gasteiger partial charge >= 0.3 is 0 Å². The van der Waals surface area contributed by atoms with E-state index in [1.165, 1.54) is 0 Å². The first-order chi connectivity index (χ1) is 11.1. The predicted octanol–water partition coefficient (Wildman–Crippen LogP) is 4.58. The standard InChI is InChI=1S/C19H27F2N3/c1-13(2)8-24(9-14(3)4)17-6-5-15(7-16(17)23)18(12-22)10-19(20,21)11-18/h5-7,13-14H,8-11,23H2,1-4H3. The van der Waals surface area contributed by atoms with Crippen LogP contribution >= 0.6 is 0 Å². The van der Waals surface area contributed by atoms with Gasteiger partial charge in [0.05, 0.1) is 22.9 Å². The van der Waals surface area contributed by atoms with Crippen LogP contribution in [0.5, 0.6) is 0 Å². The second-order valence-corrected chi connectivity index (χ2v) is 7.87. The Morgan fingerprint density at radius 3 is 2.08 bits per heavy atom. The summed E-state index contributed by atoms with van der Waals surface area (Å²) in [6.07, 6.45) is -0.839. The Kier molecular flexibility index (Phi) is 5.08. The highest BCUT2D eigenvalue weighted by molar-refractivity contribution is 5.69. The lowest BCUT2D eigenvalue weighted by Gasteiger charge is -2.42. The zero-order chi connectivity index (χ0) is 18.1. The van der Waals surface area contributed by atoms with Gasteiger partial charge in [-0.15, -0.1) is 0 Å². The van der Waals surface area contributed by atoms with E-state index in [1.807, 2.05) is 6.07 Å². The van der Waals surface area contributed by atoms with Gasteiger partial charge in [-0.25, -0.2) is 8.78 Å². The predicted molar refractivity (Wildman–Crippen MR) is 94.2 cm³/mol. The van der Waals surface area contributed by atoms with Crippen LogP contribution in [-0.2, 0) is 5.41 Å². The SMILES string of the molecule is CC(C)CN(CC(C)C)c1ccc(C2(C#N)CC(F)(F)C2)cc1N. The number of hydrogen-bond acceptors (Lipinski definition) is 3. The minimum atomic E-state index is -2.75. The van der Waals surface area contributed by atoms with Crippen LogP contribution in [0.1, 0.15) is 46.1 Å². The van der Waals surface area contributed by atoms with Crippen molar-refractivity contribution in [2.75, 3.05) is 23.7 Å². The van der Waals surface area contributed by atoms with Gasteiger partial charge in [-0.2, -0.15) is 5.26 Å². The van der Waals surface area contributed by atoms with Gasteiger partial charge in [0.2, 0.25) is 0 Å². The Bertz CT molecular complexity index is 614. The fourth-order valence-corrected chi connectivity index (χ4v) is 3.47. The van der Waals surface area contributed by atoms with Crippen LogP contribution in [0.3, 0.4) is 0 Å². The summed E-state index contributed by atoms with van der Waals surface area (Å²) < 4.78 is 26.6. The van der Waals surface area contributed by atoms with E-state index >= 15 is 0 Å². The summed E-state index contributed by atoms with van der Waals surface area (Å²) in [6.45, 7) is 10.4. The first-order valence-corrected chi connectivity index (χ1v) is 8.52. The fourth-order valence-electron chi connectivity index (χ4n) is 3.47. The van der Waals surface area contributed by atoms with Crippen LogP contribution in [0.25, 0.3) is 0 Å². The Balaban J connectivity index is 2.30. The molecular formula is C19H27F2N3. The number of rotatable bonds is 6. The number of alkyl halides is 2. The van der Waals surface area contributed by atoms with Crippen molar-refractivity contribution in [1.82, 2.24) is 0 Å². The molecule has 1 aromatic rings. The summed E-state index contributed by atoms with van der Waals surface area (Å²) in [4.78, 5) is 2.24. The maximum absolute atomic E-state index is 13.3. The maximum atomic E-state index is 13.3. The monoisotopic (exact) mass is 335 g/mol. The van der Waals surface area contributed by atoms with Gasteiger partial charge in [0.15, 0.2) is 0 Å². The van der Waals surface area contributed by atoms with Gasteiger partial charge in [-0.05, 0) is 29.5 Å². The number of nitriles is 1. The number of halogens is 2. The van der Waals surface area contributed by atoms with Crippen LogP contribution < -0.4 is 10.6 Å². The first-order valence-electron chi connectivity index (χ1n) is 8.52. The lowest BCUT2D eigenvalue weighted by molar-refractivity contribution is -0.109. The molecule has 2 N–H and O–H groups in total. The Labute approximate surface area is 143 Å². The minimum Gasteiger partial charge on any atom is -0.397 e. The van der Waals surface area contributed by atoms with Crippen LogP contribution in [0, 0.1) is 23.2 Å². The Morgan fingerprint density at radius 1 is 1.17 bits per heavy atom. The van der Waals surface area contributed by atoms with E-state index < -0.39 is 24.2 Å². The maximum Gasteiger partial charge on any atom is 0.251 e. The van der Waals surface area contributed by atoms with Gasteiger partial charge in [0.25, 0.3) is 5.92 Å². The van der Waals surface area contributed by atoms with Crippen LogP contribution in [0.4, 0.5) is 20.2 Å². The van der Waals surface area contributed by atoms with E-state index in [0.29, 0.717) is 23.1 Å². The molecule has 24 heavy (non-hydrogen) atoms. The molecule has 0 amide bonds. The molecule has 3 nitrogen and oxygen atoms in total. The number of benzene rings is 1. The smallest absolute Gasteiger partial charge is 0.251 e. The normalized spacial score (nSPS) is 18.3. The van der Waals surface area contributed by atoms with E-state index in [2.05, 4.69) is 38.7 Å². The molecule has 0 saturated heterocycles. The quantitative estimate of drug-likeness (QED) is 0.774. The summed E-state index contributed by atoms with van der Waals surface area (Å²) in [5, 5.41) is 9.39. The molecule has 0 radical (unpaired) electrons. The topological polar surface area (TPSA) is 53.0 Å². The molecule has 0 bridgehead atoms. The Morgan fingerprint density at radius 2 is 1.71 bits per heavy atom. The molecule has 0 spiro atoms. The third-order valence-corrected chi connectivity index (χ3v) is 4.43. The van der Waals surface area contributed by atoms with Crippen molar-refractivity contribution in [2.45, 2.75) is 51.9 Å². The molecule has 1 saturated carbocycles. The van der Waals surface area contributed by atoms with Crippen molar-refractivity contribution in [3.05, 3.63) is 23.8 Å². The zero-order valence-electron chi connectivity index (χ0n) is 14.9. The van der Waals surface area contributed by atoms with Gasteiger partial charge in [0.1, 0.15) is 0 Å². The van der Waals surface area contributed by atoms with Gasteiger partial charge in [0, 0.05) is 25.9 Å². The molecule has 0 aliphatic heterocycles. The zero-order valence-corrected chi connectivity index (χ0v) is 14.9. The van der Waals surface area contributed by atoms with E-state index in [9.17, 15) is 14.0 Å². The molecule has 0 heterocycles. The average Bonchev–Trinajstić information content (AvgIpc) is 2.42. The van der Waals surface area contributed by atoms with Gasteiger partial charge in [-0.3, -0.25) is 0 Å². The summed E-state index contributed by atoms with van der Waals surface area (Å²) in [7, 11) is 0. The molecule has 0 unspecified atom stereocenters. The molecule has 1 aliphatic rings. The highest BCUT2D eigenvalue weighted by Crippen LogP contribution is 2.53. The third kappa shape index (κ3) is 3.80. The lowest BCUT2D eigenvalue weighted by atomic mass is 9.63. The van der Waals surface area contributed by atoms with Crippen LogP contribution in [0.2, 0.25) is 0 Å². The summed E-state index contributed by atoms with van der Waals surface area (Å²) >= 11 is 0. The highest BCUT2D eigenvalue weighted by Gasteiger charge is 2.58. The molecule has 1 aromatic carbocycles. The average molecular weight is 335 g/mol. The van der Waals surface area contributed by atoms with Crippen molar-refractivity contribution < 1.29 is 8.78 Å². The van der Waals surface area contributed by atoms with E-state index in [4.69, 9.17) is 5.73 Å². The molecule has 0 aromatic heterocycles. The molecule has 5 heteroatoms. The van der Waals surface area contributed by atoms with E-state index in [-0.39, 0.29) is 0 Å². The fraction of sp³-hybridized carbons (Fsp3) is 0.632. The molecule has 2 rings (SSSR count). The van der Waals surface area contributed by atoms with E-state index in [1.54, 1.807) is 12.1 Å². The highest BCUT2D eigenvalue weighted by atomic mass is 19.3. The molecule has 0 atom stereocenters. The second kappa shape index (κ2) is 6.58. The summed E-state index contributed by atoms with van der Waals surface area (Å²) in [5.41, 5.74) is 7.21. The summed E-state index contributed by atoms with van der Waals surface area (Å²) in [5.74, 6) is -1.78. The number of hydrogen-bond donors (Lipinski definition) is 1. The van der Waals surface area contributed by atoms with E-state index in [0.717, 1.165) is 18.8 Å². The third-order valence-electron chi connectivity index (χ3n) is 4.43. The van der Waals surface area contributed by atoms with Crippen molar-refractivity contribution in [2.24, 2.45) is 11.8 Å². The lowest BCUT2D eigenvalue weighted by Crippen LogP contribution is -2.48. The van der Waals surface area contributed by atoms with Crippen LogP contribution in [0.15, 0.2) is 18.2 Å². The van der Waals surface area contributed by atoms with Crippen molar-refractivity contribution in [1.29, 1.82) is 5.26 Å². The van der Waals surface area contributed by atoms with Crippen molar-refractivity contribution in [3.8, 4) is 6.07 Å². The molecular weight excluding hydrogens is 308 g/mol. The van der Waals surface area contributed by atoms with Crippen molar-refractivity contribution in [3.63, 3.8) is 0 Å². The number of nitrogens with two attached hydrogens (primary N) is 1. The van der Waals surface area contributed by atoms with Gasteiger partial charge < -0.3 is 10.6 Å². The number of nitrogens with zero attached hydrogens (tertiary/aromatic N) is 2. The molecule has 1 fully saturated rings. The Hall–Kier alpha value is -1.83. The van der Waals surface area contributed by atoms with Crippen molar-refractivity contribution >= 4 is 11.4 Å².